The van der Waals surface area contributed by atoms with Gasteiger partial charge in [0.15, 0.2) is 0 Å². The van der Waals surface area contributed by atoms with Crippen LogP contribution in [0.4, 0.5) is 0 Å². The number of carbonyl (C=O) groups is 1. The average molecular weight is 292 g/mol. The molecule has 0 aliphatic heterocycles. The number of esters is 1. The third kappa shape index (κ3) is 2.91. The first-order valence-corrected chi connectivity index (χ1v) is 7.15. The van der Waals surface area contributed by atoms with Crippen molar-refractivity contribution in [2.45, 2.75) is 6.92 Å². The molecule has 0 atom stereocenters. The number of H-pyrrole nitrogens is 1. The molecule has 0 spiro atoms. The summed E-state index contributed by atoms with van der Waals surface area (Å²) in [5, 5.41) is 8.01. The lowest BCUT2D eigenvalue weighted by Crippen LogP contribution is -2.01. The molecule has 0 saturated heterocycles. The number of hydrogen-bond donors (Lipinski definition) is 1. The molecule has 0 amide bonds. The van der Waals surface area contributed by atoms with Gasteiger partial charge in [-0.25, -0.2) is 4.79 Å². The fourth-order valence-corrected chi connectivity index (χ4v) is 2.36. The molecule has 1 heterocycles. The molecule has 4 nitrogen and oxygen atoms in total. The van der Waals surface area contributed by atoms with Gasteiger partial charge in [0.05, 0.1) is 18.3 Å². The van der Waals surface area contributed by atoms with E-state index < -0.39 is 0 Å². The maximum absolute atomic E-state index is 11.9. The Bertz CT molecular complexity index is 819. The number of nitrogens with one attached hydrogen (secondary N) is 1. The van der Waals surface area contributed by atoms with Gasteiger partial charge >= 0.3 is 5.97 Å². The van der Waals surface area contributed by atoms with Crippen molar-refractivity contribution in [3.8, 4) is 0 Å². The number of aromatic amines is 1. The lowest BCUT2D eigenvalue weighted by Gasteiger charge is -2.09. The summed E-state index contributed by atoms with van der Waals surface area (Å²) in [6.45, 7) is 2.15. The van der Waals surface area contributed by atoms with E-state index in [1.54, 1.807) is 13.1 Å². The largest absolute Gasteiger partial charge is 0.463 e. The zero-order valence-electron chi connectivity index (χ0n) is 12.2. The minimum absolute atomic E-state index is 0.342. The molecule has 0 aliphatic rings. The third-order valence-electron chi connectivity index (χ3n) is 3.39. The van der Waals surface area contributed by atoms with Gasteiger partial charge in [-0.3, -0.25) is 5.10 Å². The summed E-state index contributed by atoms with van der Waals surface area (Å²) >= 11 is 0. The number of hydrogen-bond acceptors (Lipinski definition) is 3. The van der Waals surface area contributed by atoms with Crippen LogP contribution >= 0.6 is 0 Å². The SMILES string of the molecule is CCOC(=O)C=C(c1ccccc1)c1ccc2cn[nH]c2c1. The van der Waals surface area contributed by atoms with Crippen LogP contribution in [0.25, 0.3) is 16.5 Å². The summed E-state index contributed by atoms with van der Waals surface area (Å²) in [4.78, 5) is 11.9. The van der Waals surface area contributed by atoms with E-state index in [0.717, 1.165) is 27.6 Å². The van der Waals surface area contributed by atoms with Crippen molar-refractivity contribution in [2.75, 3.05) is 6.61 Å². The van der Waals surface area contributed by atoms with Crippen molar-refractivity contribution in [3.05, 3.63) is 71.9 Å². The third-order valence-corrected chi connectivity index (χ3v) is 3.39. The Balaban J connectivity index is 2.10. The highest BCUT2D eigenvalue weighted by atomic mass is 16.5. The van der Waals surface area contributed by atoms with E-state index in [9.17, 15) is 4.79 Å². The van der Waals surface area contributed by atoms with Crippen molar-refractivity contribution in [1.82, 2.24) is 10.2 Å². The summed E-state index contributed by atoms with van der Waals surface area (Å²) in [5.74, 6) is -0.342. The predicted octanol–water partition coefficient (Wildman–Crippen LogP) is 3.56. The Morgan fingerprint density at radius 3 is 2.77 bits per heavy atom. The summed E-state index contributed by atoms with van der Waals surface area (Å²) in [6.07, 6.45) is 3.31. The molecule has 4 heteroatoms. The molecular weight excluding hydrogens is 276 g/mol. The van der Waals surface area contributed by atoms with Crippen LogP contribution in [-0.4, -0.2) is 22.8 Å². The van der Waals surface area contributed by atoms with Gasteiger partial charge in [0.25, 0.3) is 0 Å². The van der Waals surface area contributed by atoms with Crippen LogP contribution in [0.5, 0.6) is 0 Å². The summed E-state index contributed by atoms with van der Waals surface area (Å²) in [6, 6.07) is 15.7. The highest BCUT2D eigenvalue weighted by Gasteiger charge is 2.09. The van der Waals surface area contributed by atoms with Crippen LogP contribution in [0.1, 0.15) is 18.1 Å². The van der Waals surface area contributed by atoms with Crippen LogP contribution in [0, 0.1) is 0 Å². The van der Waals surface area contributed by atoms with Gasteiger partial charge in [0.1, 0.15) is 0 Å². The molecule has 0 bridgehead atoms. The van der Waals surface area contributed by atoms with Crippen LogP contribution in [0.2, 0.25) is 0 Å². The van der Waals surface area contributed by atoms with Gasteiger partial charge in [-0.2, -0.15) is 5.10 Å². The second kappa shape index (κ2) is 6.26. The fraction of sp³-hybridized carbons (Fsp3) is 0.111. The predicted molar refractivity (Wildman–Crippen MR) is 86.2 cm³/mol. The van der Waals surface area contributed by atoms with E-state index in [4.69, 9.17) is 4.74 Å². The average Bonchev–Trinajstić information content (AvgIpc) is 3.01. The van der Waals surface area contributed by atoms with E-state index in [0.29, 0.717) is 6.61 Å². The molecule has 0 radical (unpaired) electrons. The first-order chi connectivity index (χ1) is 10.8. The summed E-state index contributed by atoms with van der Waals surface area (Å²) in [5.41, 5.74) is 3.67. The molecule has 1 aromatic heterocycles. The van der Waals surface area contributed by atoms with E-state index in [2.05, 4.69) is 10.2 Å². The Morgan fingerprint density at radius 1 is 1.18 bits per heavy atom. The van der Waals surface area contributed by atoms with Crippen molar-refractivity contribution in [3.63, 3.8) is 0 Å². The van der Waals surface area contributed by atoms with Crippen molar-refractivity contribution in [2.24, 2.45) is 0 Å². The van der Waals surface area contributed by atoms with Gasteiger partial charge in [-0.15, -0.1) is 0 Å². The minimum Gasteiger partial charge on any atom is -0.463 e. The topological polar surface area (TPSA) is 55.0 Å². The van der Waals surface area contributed by atoms with E-state index >= 15 is 0 Å². The van der Waals surface area contributed by atoms with Crippen molar-refractivity contribution < 1.29 is 9.53 Å². The lowest BCUT2D eigenvalue weighted by molar-refractivity contribution is -0.137. The quantitative estimate of drug-likeness (QED) is 0.591. The number of aromatic nitrogens is 2. The molecule has 0 unspecified atom stereocenters. The maximum atomic E-state index is 11.9. The normalized spacial score (nSPS) is 11.6. The molecular formula is C18H16N2O2. The molecule has 3 rings (SSSR count). The smallest absolute Gasteiger partial charge is 0.331 e. The maximum Gasteiger partial charge on any atom is 0.331 e. The molecule has 110 valence electrons. The molecule has 0 aliphatic carbocycles. The van der Waals surface area contributed by atoms with E-state index in [1.807, 2.05) is 48.5 Å². The Kier molecular flexibility index (Phi) is 4.01. The zero-order chi connectivity index (χ0) is 15.4. The highest BCUT2D eigenvalue weighted by Crippen LogP contribution is 2.26. The van der Waals surface area contributed by atoms with Gasteiger partial charge < -0.3 is 4.74 Å². The van der Waals surface area contributed by atoms with E-state index in [-0.39, 0.29) is 5.97 Å². The van der Waals surface area contributed by atoms with Crippen molar-refractivity contribution in [1.29, 1.82) is 0 Å². The first-order valence-electron chi connectivity index (χ1n) is 7.15. The Morgan fingerprint density at radius 2 is 2.00 bits per heavy atom. The first kappa shape index (κ1) is 14.1. The summed E-state index contributed by atoms with van der Waals surface area (Å²) in [7, 11) is 0. The Labute approximate surface area is 128 Å². The van der Waals surface area contributed by atoms with Crippen LogP contribution in [-0.2, 0) is 9.53 Å². The van der Waals surface area contributed by atoms with Crippen LogP contribution in [0.15, 0.2) is 60.8 Å². The summed E-state index contributed by atoms with van der Waals surface area (Å²) < 4.78 is 5.05. The zero-order valence-corrected chi connectivity index (χ0v) is 12.2. The number of ether oxygens (including phenoxy) is 1. The Hall–Kier alpha value is -2.88. The second-order valence-electron chi connectivity index (χ2n) is 4.85. The monoisotopic (exact) mass is 292 g/mol. The van der Waals surface area contributed by atoms with Gasteiger partial charge in [0.2, 0.25) is 0 Å². The van der Waals surface area contributed by atoms with Crippen molar-refractivity contribution >= 4 is 22.4 Å². The molecule has 0 fully saturated rings. The standard InChI is InChI=1S/C18H16N2O2/c1-2-22-18(21)11-16(13-6-4-3-5-7-13)14-8-9-15-12-19-20-17(15)10-14/h3-12H,2H2,1H3,(H,19,20). The van der Waals surface area contributed by atoms with Gasteiger partial charge in [-0.05, 0) is 29.7 Å². The van der Waals surface area contributed by atoms with Gasteiger partial charge in [0, 0.05) is 11.5 Å². The number of fused-ring (bicyclic) bond motifs is 1. The second-order valence-corrected chi connectivity index (χ2v) is 4.85. The fourth-order valence-electron chi connectivity index (χ4n) is 2.36. The molecule has 1 N–H and O–H groups in total. The molecule has 2 aromatic carbocycles. The highest BCUT2D eigenvalue weighted by molar-refractivity contribution is 5.97. The van der Waals surface area contributed by atoms with Crippen LogP contribution < -0.4 is 0 Å². The van der Waals surface area contributed by atoms with Gasteiger partial charge in [-0.1, -0.05) is 42.5 Å². The number of rotatable bonds is 4. The number of nitrogens with zero attached hydrogens (tertiary/aromatic N) is 1. The minimum atomic E-state index is -0.342. The van der Waals surface area contributed by atoms with Crippen LogP contribution in [0.3, 0.4) is 0 Å². The number of benzene rings is 2. The molecule has 3 aromatic rings. The molecule has 22 heavy (non-hydrogen) atoms. The van der Waals surface area contributed by atoms with E-state index in [1.165, 1.54) is 6.08 Å². The lowest BCUT2D eigenvalue weighted by atomic mass is 9.97. The number of carbonyl (C=O) groups excluding carboxylic acids is 1. The molecule has 0 saturated carbocycles.